The van der Waals surface area contributed by atoms with Gasteiger partial charge in [-0.25, -0.2) is 18.2 Å². The molecule has 3 rings (SSSR count). The molecule has 3 aromatic rings. The zero-order valence-electron chi connectivity index (χ0n) is 14.4. The monoisotopic (exact) mass is 375 g/mol. The predicted octanol–water partition coefficient (Wildman–Crippen LogP) is 2.40. The number of sulfonamides is 1. The van der Waals surface area contributed by atoms with Crippen molar-refractivity contribution in [3.63, 3.8) is 0 Å². The van der Waals surface area contributed by atoms with E-state index < -0.39 is 16.0 Å². The van der Waals surface area contributed by atoms with Crippen molar-refractivity contribution in [3.05, 3.63) is 42.0 Å². The van der Waals surface area contributed by atoms with E-state index in [0.29, 0.717) is 33.9 Å². The number of methoxy groups -OCH3 is 2. The number of aromatic amines is 1. The maximum Gasteiger partial charge on any atom is 0.337 e. The van der Waals surface area contributed by atoms with Crippen LogP contribution in [-0.2, 0) is 14.8 Å². The lowest BCUT2D eigenvalue weighted by molar-refractivity contribution is 0.0601. The van der Waals surface area contributed by atoms with Gasteiger partial charge in [-0.15, -0.1) is 0 Å². The Morgan fingerprint density at radius 1 is 1.15 bits per heavy atom. The highest BCUT2D eigenvalue weighted by Gasteiger charge is 2.14. The second kappa shape index (κ2) is 6.68. The van der Waals surface area contributed by atoms with E-state index in [1.165, 1.54) is 14.2 Å². The standard InChI is InChI=1S/C17H17N3O5S/c1-24-15-9-11(20-26(3,22)23)5-6-12(15)16-18-13-7-4-10(17(21)25-2)8-14(13)19-16/h4-9,20H,1-3H3,(H,18,19). The van der Waals surface area contributed by atoms with E-state index in [1.807, 2.05) is 0 Å². The Morgan fingerprint density at radius 2 is 1.92 bits per heavy atom. The van der Waals surface area contributed by atoms with Gasteiger partial charge in [0.15, 0.2) is 0 Å². The van der Waals surface area contributed by atoms with Crippen LogP contribution in [0.2, 0.25) is 0 Å². The van der Waals surface area contributed by atoms with E-state index in [4.69, 9.17) is 9.47 Å². The summed E-state index contributed by atoms with van der Waals surface area (Å²) in [5, 5.41) is 0. The summed E-state index contributed by atoms with van der Waals surface area (Å²) < 4.78 is 35.2. The van der Waals surface area contributed by atoms with Crippen molar-refractivity contribution in [2.45, 2.75) is 0 Å². The summed E-state index contributed by atoms with van der Waals surface area (Å²) in [6.45, 7) is 0. The first-order chi connectivity index (χ1) is 12.3. The molecular formula is C17H17N3O5S. The van der Waals surface area contributed by atoms with E-state index in [1.54, 1.807) is 36.4 Å². The summed E-state index contributed by atoms with van der Waals surface area (Å²) in [5.74, 6) is 0.543. The molecule has 2 aromatic carbocycles. The summed E-state index contributed by atoms with van der Waals surface area (Å²) in [6, 6.07) is 9.91. The highest BCUT2D eigenvalue weighted by Crippen LogP contribution is 2.32. The van der Waals surface area contributed by atoms with Gasteiger partial charge in [-0.05, 0) is 30.3 Å². The fourth-order valence-electron chi connectivity index (χ4n) is 2.54. The van der Waals surface area contributed by atoms with Crippen molar-refractivity contribution in [1.82, 2.24) is 9.97 Å². The number of aromatic nitrogens is 2. The molecular weight excluding hydrogens is 358 g/mol. The number of H-pyrrole nitrogens is 1. The van der Waals surface area contributed by atoms with Gasteiger partial charge in [-0.3, -0.25) is 4.72 Å². The molecule has 0 atom stereocenters. The molecule has 0 spiro atoms. The molecule has 0 radical (unpaired) electrons. The van der Waals surface area contributed by atoms with Gasteiger partial charge in [0, 0.05) is 6.07 Å². The maximum atomic E-state index is 11.6. The zero-order valence-corrected chi connectivity index (χ0v) is 15.2. The van der Waals surface area contributed by atoms with Gasteiger partial charge in [0.1, 0.15) is 11.6 Å². The van der Waals surface area contributed by atoms with Crippen LogP contribution < -0.4 is 9.46 Å². The normalized spacial score (nSPS) is 11.3. The Balaban J connectivity index is 2.04. The Labute approximate surface area is 150 Å². The smallest absolute Gasteiger partial charge is 0.337 e. The minimum atomic E-state index is -3.39. The number of hydrogen-bond donors (Lipinski definition) is 2. The van der Waals surface area contributed by atoms with E-state index >= 15 is 0 Å². The summed E-state index contributed by atoms with van der Waals surface area (Å²) in [5.41, 5.74) is 2.79. The predicted molar refractivity (Wildman–Crippen MR) is 97.9 cm³/mol. The number of rotatable bonds is 5. The summed E-state index contributed by atoms with van der Waals surface area (Å²) in [6.07, 6.45) is 1.07. The van der Waals surface area contributed by atoms with Crippen molar-refractivity contribution in [1.29, 1.82) is 0 Å². The molecule has 9 heteroatoms. The Kier molecular flexibility index (Phi) is 4.56. The molecule has 1 aromatic heterocycles. The number of ether oxygens (including phenoxy) is 2. The summed E-state index contributed by atoms with van der Waals surface area (Å²) in [7, 11) is -0.582. The Morgan fingerprint density at radius 3 is 2.58 bits per heavy atom. The highest BCUT2D eigenvalue weighted by molar-refractivity contribution is 7.92. The van der Waals surface area contributed by atoms with Crippen LogP contribution in [0.4, 0.5) is 5.69 Å². The maximum absolute atomic E-state index is 11.6. The van der Waals surface area contributed by atoms with Crippen LogP contribution in [-0.4, -0.2) is 44.8 Å². The third-order valence-corrected chi connectivity index (χ3v) is 4.27. The molecule has 8 nitrogen and oxygen atoms in total. The molecule has 0 unspecified atom stereocenters. The van der Waals surface area contributed by atoms with Crippen LogP contribution in [0.25, 0.3) is 22.4 Å². The summed E-state index contributed by atoms with van der Waals surface area (Å²) in [4.78, 5) is 19.3. The van der Waals surface area contributed by atoms with Crippen LogP contribution in [0.5, 0.6) is 5.75 Å². The van der Waals surface area contributed by atoms with Crippen molar-refractivity contribution >= 4 is 32.7 Å². The molecule has 0 saturated carbocycles. The molecule has 0 aliphatic carbocycles. The topological polar surface area (TPSA) is 110 Å². The number of fused-ring (bicyclic) bond motifs is 1. The number of anilines is 1. The first-order valence-electron chi connectivity index (χ1n) is 7.55. The number of carbonyl (C=O) groups is 1. The lowest BCUT2D eigenvalue weighted by Gasteiger charge is -2.09. The first kappa shape index (κ1) is 17.7. The van der Waals surface area contributed by atoms with Crippen molar-refractivity contribution in [3.8, 4) is 17.1 Å². The number of nitrogens with one attached hydrogen (secondary N) is 2. The minimum Gasteiger partial charge on any atom is -0.496 e. The SMILES string of the molecule is COC(=O)c1ccc2[nH]c(-c3ccc(NS(C)(=O)=O)cc3OC)nc2c1. The molecule has 0 amide bonds. The fraction of sp³-hybridized carbons (Fsp3) is 0.176. The van der Waals surface area contributed by atoms with E-state index in [9.17, 15) is 13.2 Å². The molecule has 1 heterocycles. The van der Waals surface area contributed by atoms with E-state index in [0.717, 1.165) is 11.8 Å². The third-order valence-electron chi connectivity index (χ3n) is 3.66. The van der Waals surface area contributed by atoms with Gasteiger partial charge in [0.25, 0.3) is 0 Å². The van der Waals surface area contributed by atoms with Crippen LogP contribution >= 0.6 is 0 Å². The molecule has 0 fully saturated rings. The number of hydrogen-bond acceptors (Lipinski definition) is 6. The molecule has 0 saturated heterocycles. The molecule has 26 heavy (non-hydrogen) atoms. The van der Waals surface area contributed by atoms with Crippen molar-refractivity contribution in [2.24, 2.45) is 0 Å². The first-order valence-corrected chi connectivity index (χ1v) is 9.44. The van der Waals surface area contributed by atoms with Crippen molar-refractivity contribution < 1.29 is 22.7 Å². The number of carbonyl (C=O) groups excluding carboxylic acids is 1. The lowest BCUT2D eigenvalue weighted by Crippen LogP contribution is -2.09. The third kappa shape index (κ3) is 3.62. The van der Waals surface area contributed by atoms with Gasteiger partial charge < -0.3 is 14.5 Å². The number of imidazole rings is 1. The van der Waals surface area contributed by atoms with E-state index in [2.05, 4.69) is 14.7 Å². The van der Waals surface area contributed by atoms with Crippen LogP contribution in [0.1, 0.15) is 10.4 Å². The average molecular weight is 375 g/mol. The van der Waals surface area contributed by atoms with Crippen molar-refractivity contribution in [2.75, 3.05) is 25.2 Å². The fourth-order valence-corrected chi connectivity index (χ4v) is 3.10. The van der Waals surface area contributed by atoms with Crippen LogP contribution in [0.15, 0.2) is 36.4 Å². The lowest BCUT2D eigenvalue weighted by atomic mass is 10.1. The second-order valence-corrected chi connectivity index (χ2v) is 7.35. The molecule has 0 bridgehead atoms. The molecule has 2 N–H and O–H groups in total. The van der Waals surface area contributed by atoms with Gasteiger partial charge in [0.05, 0.1) is 48.3 Å². The Hall–Kier alpha value is -3.07. The van der Waals surface area contributed by atoms with Gasteiger partial charge in [-0.1, -0.05) is 0 Å². The number of nitrogens with zero attached hydrogens (tertiary/aromatic N) is 1. The molecule has 136 valence electrons. The van der Waals surface area contributed by atoms with Gasteiger partial charge >= 0.3 is 5.97 Å². The Bertz CT molecular complexity index is 1090. The van der Waals surface area contributed by atoms with Gasteiger partial charge in [-0.2, -0.15) is 0 Å². The molecule has 0 aliphatic rings. The van der Waals surface area contributed by atoms with E-state index in [-0.39, 0.29) is 0 Å². The van der Waals surface area contributed by atoms with Gasteiger partial charge in [0.2, 0.25) is 10.0 Å². The number of esters is 1. The average Bonchev–Trinajstić information content (AvgIpc) is 3.02. The van der Waals surface area contributed by atoms with Crippen LogP contribution in [0, 0.1) is 0 Å². The second-order valence-electron chi connectivity index (χ2n) is 5.60. The highest BCUT2D eigenvalue weighted by atomic mass is 32.2. The quantitative estimate of drug-likeness (QED) is 0.663. The zero-order chi connectivity index (χ0) is 18.9. The van der Waals surface area contributed by atoms with Crippen LogP contribution in [0.3, 0.4) is 0 Å². The summed E-state index contributed by atoms with van der Waals surface area (Å²) >= 11 is 0. The molecule has 0 aliphatic heterocycles. The number of benzene rings is 2. The minimum absolute atomic E-state index is 0.386. The largest absolute Gasteiger partial charge is 0.496 e.